The van der Waals surface area contributed by atoms with Crippen molar-refractivity contribution in [1.82, 2.24) is 5.32 Å². The van der Waals surface area contributed by atoms with Crippen molar-refractivity contribution in [2.24, 2.45) is 5.92 Å². The van der Waals surface area contributed by atoms with Crippen LogP contribution in [-0.4, -0.2) is 12.8 Å². The second kappa shape index (κ2) is 6.49. The molecular weight excluding hydrogens is 250 g/mol. The molecule has 1 aliphatic heterocycles. The first-order chi connectivity index (χ1) is 9.84. The zero-order valence-electron chi connectivity index (χ0n) is 12.4. The first-order valence-electron chi connectivity index (χ1n) is 7.95. The lowest BCUT2D eigenvalue weighted by molar-refractivity contribution is 0.173. The molecule has 3 nitrogen and oxygen atoms in total. The highest BCUT2D eigenvalue weighted by Gasteiger charge is 2.21. The van der Waals surface area contributed by atoms with Crippen LogP contribution in [0.4, 0.5) is 0 Å². The number of fused-ring (bicyclic) bond motifs is 1. The van der Waals surface area contributed by atoms with E-state index in [4.69, 9.17) is 9.47 Å². The Balaban J connectivity index is 1.57. The summed E-state index contributed by atoms with van der Waals surface area (Å²) in [7, 11) is 0. The van der Waals surface area contributed by atoms with Crippen molar-refractivity contribution >= 4 is 0 Å². The fraction of sp³-hybridized carbons (Fsp3) is 0.647. The number of ether oxygens (including phenoxy) is 2. The van der Waals surface area contributed by atoms with Crippen LogP contribution in [0.3, 0.4) is 0 Å². The molecule has 0 unspecified atom stereocenters. The summed E-state index contributed by atoms with van der Waals surface area (Å²) in [6.07, 6.45) is 8.38. The van der Waals surface area contributed by atoms with Crippen LogP contribution in [-0.2, 0) is 6.54 Å². The molecule has 1 saturated carbocycles. The molecule has 3 rings (SSSR count). The largest absolute Gasteiger partial charge is 0.454 e. The third-order valence-electron chi connectivity index (χ3n) is 4.70. The predicted octanol–water partition coefficient (Wildman–Crippen LogP) is 3.86. The van der Waals surface area contributed by atoms with Gasteiger partial charge in [-0.2, -0.15) is 0 Å². The Labute approximate surface area is 121 Å². The fourth-order valence-electron chi connectivity index (χ4n) is 3.38. The van der Waals surface area contributed by atoms with Crippen LogP contribution >= 0.6 is 0 Å². The molecule has 1 aliphatic carbocycles. The number of para-hydroxylation sites is 1. The van der Waals surface area contributed by atoms with Gasteiger partial charge in [-0.1, -0.05) is 37.8 Å². The van der Waals surface area contributed by atoms with E-state index in [2.05, 4.69) is 18.3 Å². The number of hydrogen-bond donors (Lipinski definition) is 1. The van der Waals surface area contributed by atoms with Gasteiger partial charge in [0.2, 0.25) is 6.79 Å². The maximum Gasteiger partial charge on any atom is 0.231 e. The molecule has 0 radical (unpaired) electrons. The zero-order valence-corrected chi connectivity index (χ0v) is 12.4. The minimum absolute atomic E-state index is 0.352. The molecule has 0 saturated heterocycles. The lowest BCUT2D eigenvalue weighted by atomic mass is 9.93. The third-order valence-corrected chi connectivity index (χ3v) is 4.70. The van der Waals surface area contributed by atoms with E-state index < -0.39 is 0 Å². The van der Waals surface area contributed by atoms with E-state index in [1.165, 1.54) is 44.1 Å². The second-order valence-corrected chi connectivity index (χ2v) is 6.07. The van der Waals surface area contributed by atoms with E-state index in [-0.39, 0.29) is 0 Å². The molecular formula is C17H25NO2. The fourth-order valence-corrected chi connectivity index (χ4v) is 3.38. The van der Waals surface area contributed by atoms with Crippen molar-refractivity contribution in [2.45, 2.75) is 58.0 Å². The van der Waals surface area contributed by atoms with Crippen molar-refractivity contribution in [3.63, 3.8) is 0 Å². The molecule has 0 amide bonds. The van der Waals surface area contributed by atoms with E-state index in [1.54, 1.807) is 0 Å². The lowest BCUT2D eigenvalue weighted by Crippen LogP contribution is -2.33. The van der Waals surface area contributed by atoms with Gasteiger partial charge in [-0.15, -0.1) is 0 Å². The average Bonchev–Trinajstić information content (AvgIpc) is 2.79. The molecule has 2 aliphatic rings. The highest BCUT2D eigenvalue weighted by atomic mass is 16.7. The summed E-state index contributed by atoms with van der Waals surface area (Å²) in [5, 5.41) is 3.69. The van der Waals surface area contributed by atoms with Gasteiger partial charge in [0.25, 0.3) is 0 Å². The molecule has 20 heavy (non-hydrogen) atoms. The van der Waals surface area contributed by atoms with Gasteiger partial charge in [0.15, 0.2) is 11.5 Å². The Kier molecular flexibility index (Phi) is 4.46. The van der Waals surface area contributed by atoms with Crippen LogP contribution in [0.5, 0.6) is 11.5 Å². The minimum Gasteiger partial charge on any atom is -0.454 e. The number of benzene rings is 1. The van der Waals surface area contributed by atoms with Crippen LogP contribution in [0.1, 0.15) is 51.0 Å². The monoisotopic (exact) mass is 275 g/mol. The third kappa shape index (κ3) is 3.09. The van der Waals surface area contributed by atoms with Crippen molar-refractivity contribution in [1.29, 1.82) is 0 Å². The van der Waals surface area contributed by atoms with Crippen LogP contribution in [0.15, 0.2) is 18.2 Å². The summed E-state index contributed by atoms with van der Waals surface area (Å²) in [4.78, 5) is 0. The van der Waals surface area contributed by atoms with Crippen molar-refractivity contribution in [3.8, 4) is 11.5 Å². The summed E-state index contributed by atoms with van der Waals surface area (Å²) in [6, 6.07) is 6.72. The van der Waals surface area contributed by atoms with Gasteiger partial charge in [0, 0.05) is 18.2 Å². The highest BCUT2D eigenvalue weighted by molar-refractivity contribution is 5.48. The summed E-state index contributed by atoms with van der Waals surface area (Å²) in [6.45, 7) is 3.55. The topological polar surface area (TPSA) is 30.5 Å². The van der Waals surface area contributed by atoms with Gasteiger partial charge in [-0.3, -0.25) is 0 Å². The summed E-state index contributed by atoms with van der Waals surface area (Å²) < 4.78 is 11.0. The molecule has 3 heteroatoms. The first kappa shape index (κ1) is 13.7. The SMILES string of the molecule is C[C@H](NCc1cccc2c1OCO2)C1CCCCCC1. The molecule has 110 valence electrons. The molecule has 1 heterocycles. The van der Waals surface area contributed by atoms with E-state index in [0.717, 1.165) is 24.0 Å². The summed E-state index contributed by atoms with van der Waals surface area (Å²) in [5.41, 5.74) is 1.21. The summed E-state index contributed by atoms with van der Waals surface area (Å²) in [5.74, 6) is 2.63. The van der Waals surface area contributed by atoms with Crippen LogP contribution in [0.2, 0.25) is 0 Å². The van der Waals surface area contributed by atoms with Gasteiger partial charge in [0.05, 0.1) is 0 Å². The Hall–Kier alpha value is -1.22. The average molecular weight is 275 g/mol. The maximum atomic E-state index is 5.57. The van der Waals surface area contributed by atoms with E-state index >= 15 is 0 Å². The number of nitrogens with one attached hydrogen (secondary N) is 1. The molecule has 1 aromatic rings. The Morgan fingerprint density at radius 1 is 1.15 bits per heavy atom. The van der Waals surface area contributed by atoms with Crippen molar-refractivity contribution in [2.75, 3.05) is 6.79 Å². The van der Waals surface area contributed by atoms with Crippen molar-refractivity contribution in [3.05, 3.63) is 23.8 Å². The van der Waals surface area contributed by atoms with Crippen molar-refractivity contribution < 1.29 is 9.47 Å². The Morgan fingerprint density at radius 2 is 1.95 bits per heavy atom. The van der Waals surface area contributed by atoms with Gasteiger partial charge >= 0.3 is 0 Å². The van der Waals surface area contributed by atoms with E-state index in [0.29, 0.717) is 12.8 Å². The predicted molar refractivity (Wildman–Crippen MR) is 80.1 cm³/mol. The lowest BCUT2D eigenvalue weighted by Gasteiger charge is -2.24. The Bertz CT molecular complexity index is 439. The number of rotatable bonds is 4. The van der Waals surface area contributed by atoms with E-state index in [1.807, 2.05) is 12.1 Å². The van der Waals surface area contributed by atoms with E-state index in [9.17, 15) is 0 Å². The molecule has 0 spiro atoms. The molecule has 0 bridgehead atoms. The van der Waals surface area contributed by atoms with Gasteiger partial charge < -0.3 is 14.8 Å². The molecule has 1 atom stereocenters. The molecule has 1 N–H and O–H groups in total. The maximum absolute atomic E-state index is 5.57. The van der Waals surface area contributed by atoms with Crippen LogP contribution in [0, 0.1) is 5.92 Å². The normalized spacial score (nSPS) is 20.6. The molecule has 1 fully saturated rings. The zero-order chi connectivity index (χ0) is 13.8. The minimum atomic E-state index is 0.352. The van der Waals surface area contributed by atoms with Crippen LogP contribution in [0.25, 0.3) is 0 Å². The van der Waals surface area contributed by atoms with Gasteiger partial charge in [-0.25, -0.2) is 0 Å². The molecule has 0 aromatic heterocycles. The Morgan fingerprint density at radius 3 is 2.75 bits per heavy atom. The smallest absolute Gasteiger partial charge is 0.231 e. The highest BCUT2D eigenvalue weighted by Crippen LogP contribution is 2.35. The van der Waals surface area contributed by atoms with Gasteiger partial charge in [-0.05, 0) is 31.7 Å². The standard InChI is InChI=1S/C17H25NO2/c1-13(14-7-4-2-3-5-8-14)18-11-15-9-6-10-16-17(15)20-12-19-16/h6,9-10,13-14,18H,2-5,7-8,11-12H2,1H3/t13-/m0/s1. The number of hydrogen-bond acceptors (Lipinski definition) is 3. The molecule has 1 aromatic carbocycles. The van der Waals surface area contributed by atoms with Crippen LogP contribution < -0.4 is 14.8 Å². The quantitative estimate of drug-likeness (QED) is 0.846. The van der Waals surface area contributed by atoms with Gasteiger partial charge in [0.1, 0.15) is 0 Å². The second-order valence-electron chi connectivity index (χ2n) is 6.07. The first-order valence-corrected chi connectivity index (χ1v) is 7.95. The summed E-state index contributed by atoms with van der Waals surface area (Å²) >= 11 is 0.